The minimum absolute atomic E-state index is 0.0617. The summed E-state index contributed by atoms with van der Waals surface area (Å²) in [6.45, 7) is 2.02. The van der Waals surface area contributed by atoms with Crippen LogP contribution in [0.1, 0.15) is 37.3 Å². The van der Waals surface area contributed by atoms with Crippen molar-refractivity contribution >= 4 is 5.97 Å². The SMILES string of the molecule is CCC(CCC(=O)O)C(C#N)(c1ccccc1)c1ccccc1. The third kappa shape index (κ3) is 3.43. The smallest absolute Gasteiger partial charge is 0.303 e. The van der Waals surface area contributed by atoms with E-state index >= 15 is 0 Å². The zero-order chi connectivity index (χ0) is 16.7. The Labute approximate surface area is 137 Å². The van der Waals surface area contributed by atoms with Crippen LogP contribution >= 0.6 is 0 Å². The van der Waals surface area contributed by atoms with Gasteiger partial charge in [0.2, 0.25) is 0 Å². The van der Waals surface area contributed by atoms with Crippen molar-refractivity contribution < 1.29 is 9.90 Å². The van der Waals surface area contributed by atoms with Gasteiger partial charge in [0, 0.05) is 6.42 Å². The minimum atomic E-state index is -0.827. The van der Waals surface area contributed by atoms with Crippen molar-refractivity contribution in [3.8, 4) is 6.07 Å². The van der Waals surface area contributed by atoms with Gasteiger partial charge in [-0.15, -0.1) is 0 Å². The largest absolute Gasteiger partial charge is 0.481 e. The molecule has 3 nitrogen and oxygen atoms in total. The number of hydrogen-bond donors (Lipinski definition) is 1. The van der Waals surface area contributed by atoms with E-state index in [1.165, 1.54) is 0 Å². The Morgan fingerprint density at radius 1 is 1.09 bits per heavy atom. The lowest BCUT2D eigenvalue weighted by molar-refractivity contribution is -0.137. The molecule has 0 fully saturated rings. The number of nitrogens with zero attached hydrogens (tertiary/aromatic N) is 1. The number of carbonyl (C=O) groups is 1. The van der Waals surface area contributed by atoms with E-state index in [1.807, 2.05) is 67.6 Å². The first-order valence-corrected chi connectivity index (χ1v) is 7.89. The molecular weight excluding hydrogens is 286 g/mol. The van der Waals surface area contributed by atoms with Crippen LogP contribution in [0.2, 0.25) is 0 Å². The zero-order valence-electron chi connectivity index (χ0n) is 13.3. The third-order valence-corrected chi connectivity index (χ3v) is 4.45. The molecule has 2 rings (SSSR count). The Hall–Kier alpha value is -2.60. The van der Waals surface area contributed by atoms with Crippen LogP contribution in [0.15, 0.2) is 60.7 Å². The highest BCUT2D eigenvalue weighted by molar-refractivity contribution is 5.66. The Morgan fingerprint density at radius 2 is 1.57 bits per heavy atom. The number of benzene rings is 2. The number of carboxylic acids is 1. The van der Waals surface area contributed by atoms with Gasteiger partial charge in [0.05, 0.1) is 6.07 Å². The lowest BCUT2D eigenvalue weighted by Gasteiger charge is -2.35. The molecule has 3 heteroatoms. The summed E-state index contributed by atoms with van der Waals surface area (Å²) in [6.07, 6.45) is 1.29. The van der Waals surface area contributed by atoms with Crippen LogP contribution in [0.4, 0.5) is 0 Å². The third-order valence-electron chi connectivity index (χ3n) is 4.45. The van der Waals surface area contributed by atoms with Gasteiger partial charge in [-0.05, 0) is 23.5 Å². The highest BCUT2D eigenvalue weighted by Gasteiger charge is 2.41. The highest BCUT2D eigenvalue weighted by atomic mass is 16.4. The van der Waals surface area contributed by atoms with Gasteiger partial charge in [-0.3, -0.25) is 4.79 Å². The summed E-state index contributed by atoms with van der Waals surface area (Å²) in [4.78, 5) is 11.0. The molecule has 118 valence electrons. The molecule has 0 aliphatic carbocycles. The number of hydrogen-bond acceptors (Lipinski definition) is 2. The fourth-order valence-electron chi connectivity index (χ4n) is 3.29. The Kier molecular flexibility index (Phi) is 5.54. The number of nitriles is 1. The second-order valence-corrected chi connectivity index (χ2v) is 5.69. The zero-order valence-corrected chi connectivity index (χ0v) is 13.3. The Bertz CT molecular complexity index is 634. The van der Waals surface area contributed by atoms with Crippen LogP contribution in [0.25, 0.3) is 0 Å². The van der Waals surface area contributed by atoms with Crippen LogP contribution in [-0.2, 0) is 10.2 Å². The molecule has 0 saturated heterocycles. The molecule has 0 bridgehead atoms. The maximum atomic E-state index is 11.0. The highest BCUT2D eigenvalue weighted by Crippen LogP contribution is 2.42. The van der Waals surface area contributed by atoms with Gasteiger partial charge < -0.3 is 5.11 Å². The predicted octanol–water partition coefficient (Wildman–Crippen LogP) is 4.39. The summed E-state index contributed by atoms with van der Waals surface area (Å²) in [5, 5.41) is 19.2. The van der Waals surface area contributed by atoms with E-state index in [9.17, 15) is 10.1 Å². The first-order chi connectivity index (χ1) is 11.1. The van der Waals surface area contributed by atoms with Gasteiger partial charge in [0.1, 0.15) is 5.41 Å². The molecule has 2 aromatic carbocycles. The van der Waals surface area contributed by atoms with Gasteiger partial charge in [-0.2, -0.15) is 5.26 Å². The summed E-state index contributed by atoms with van der Waals surface area (Å²) in [7, 11) is 0. The van der Waals surface area contributed by atoms with E-state index in [4.69, 9.17) is 5.11 Å². The maximum absolute atomic E-state index is 11.0. The topological polar surface area (TPSA) is 61.1 Å². The van der Waals surface area contributed by atoms with Crippen LogP contribution < -0.4 is 0 Å². The summed E-state index contributed by atoms with van der Waals surface area (Å²) >= 11 is 0. The first kappa shape index (κ1) is 16.8. The molecule has 1 unspecified atom stereocenters. The van der Waals surface area contributed by atoms with Crippen LogP contribution in [0, 0.1) is 17.2 Å². The fraction of sp³-hybridized carbons (Fsp3) is 0.300. The number of rotatable bonds is 7. The molecule has 0 radical (unpaired) electrons. The molecule has 0 saturated carbocycles. The second kappa shape index (κ2) is 7.60. The minimum Gasteiger partial charge on any atom is -0.481 e. The molecule has 1 atom stereocenters. The fourth-order valence-corrected chi connectivity index (χ4v) is 3.29. The van der Waals surface area contributed by atoms with E-state index in [2.05, 4.69) is 6.07 Å². The summed E-state index contributed by atoms with van der Waals surface area (Å²) in [5.74, 6) is -0.884. The van der Waals surface area contributed by atoms with Crippen LogP contribution in [-0.4, -0.2) is 11.1 Å². The van der Waals surface area contributed by atoms with Gasteiger partial charge in [0.15, 0.2) is 0 Å². The van der Waals surface area contributed by atoms with E-state index in [1.54, 1.807) is 0 Å². The monoisotopic (exact) mass is 307 g/mol. The van der Waals surface area contributed by atoms with E-state index < -0.39 is 11.4 Å². The lowest BCUT2D eigenvalue weighted by Crippen LogP contribution is -2.35. The van der Waals surface area contributed by atoms with E-state index in [0.29, 0.717) is 6.42 Å². The van der Waals surface area contributed by atoms with Crippen molar-refractivity contribution in [3.05, 3.63) is 71.8 Å². The molecule has 0 heterocycles. The van der Waals surface area contributed by atoms with Gasteiger partial charge >= 0.3 is 5.97 Å². The number of aliphatic carboxylic acids is 1. The maximum Gasteiger partial charge on any atom is 0.303 e. The van der Waals surface area contributed by atoms with E-state index in [0.717, 1.165) is 17.5 Å². The summed E-state index contributed by atoms with van der Waals surface area (Å²) < 4.78 is 0. The van der Waals surface area contributed by atoms with Crippen molar-refractivity contribution in [2.24, 2.45) is 5.92 Å². The van der Waals surface area contributed by atoms with Crippen molar-refractivity contribution in [2.45, 2.75) is 31.6 Å². The average Bonchev–Trinajstić information content (AvgIpc) is 2.60. The van der Waals surface area contributed by atoms with Crippen molar-refractivity contribution in [1.29, 1.82) is 5.26 Å². The molecule has 0 aliphatic rings. The van der Waals surface area contributed by atoms with Crippen LogP contribution in [0.3, 0.4) is 0 Å². The second-order valence-electron chi connectivity index (χ2n) is 5.69. The first-order valence-electron chi connectivity index (χ1n) is 7.89. The Balaban J connectivity index is 2.58. The molecular formula is C20H21NO2. The molecule has 23 heavy (non-hydrogen) atoms. The summed E-state index contributed by atoms with van der Waals surface area (Å²) in [6, 6.07) is 21.9. The van der Waals surface area contributed by atoms with Gasteiger partial charge in [-0.1, -0.05) is 74.0 Å². The average molecular weight is 307 g/mol. The number of carboxylic acid groups (broad SMARTS) is 1. The molecule has 0 aromatic heterocycles. The van der Waals surface area contributed by atoms with Crippen molar-refractivity contribution in [2.75, 3.05) is 0 Å². The molecule has 0 amide bonds. The molecule has 0 spiro atoms. The quantitative estimate of drug-likeness (QED) is 0.825. The molecule has 1 N–H and O–H groups in total. The Morgan fingerprint density at radius 3 is 1.91 bits per heavy atom. The standard InChI is InChI=1S/C20H21NO2/c1-2-16(13-14-19(22)23)20(15-21,17-9-5-3-6-10-17)18-11-7-4-8-12-18/h3-12,16H,2,13-14H2,1H3,(H,22,23). The van der Waals surface area contributed by atoms with Crippen molar-refractivity contribution in [1.82, 2.24) is 0 Å². The molecule has 2 aromatic rings. The normalized spacial score (nSPS) is 12.3. The summed E-state index contributed by atoms with van der Waals surface area (Å²) in [5.41, 5.74) is 1.02. The predicted molar refractivity (Wildman–Crippen MR) is 89.9 cm³/mol. The molecule has 0 aliphatic heterocycles. The van der Waals surface area contributed by atoms with E-state index in [-0.39, 0.29) is 12.3 Å². The van der Waals surface area contributed by atoms with Gasteiger partial charge in [0.25, 0.3) is 0 Å². The lowest BCUT2D eigenvalue weighted by atomic mass is 9.64. The van der Waals surface area contributed by atoms with Crippen molar-refractivity contribution in [3.63, 3.8) is 0 Å². The van der Waals surface area contributed by atoms with Crippen LogP contribution in [0.5, 0.6) is 0 Å². The van der Waals surface area contributed by atoms with Gasteiger partial charge in [-0.25, -0.2) is 0 Å².